The van der Waals surface area contributed by atoms with E-state index in [0.717, 1.165) is 0 Å². The van der Waals surface area contributed by atoms with Crippen LogP contribution in [0.15, 0.2) is 6.07 Å². The summed E-state index contributed by atoms with van der Waals surface area (Å²) in [5.74, 6) is 0.187. The van der Waals surface area contributed by atoms with Crippen LogP contribution in [0.25, 0.3) is 0 Å². The van der Waals surface area contributed by atoms with Crippen molar-refractivity contribution in [3.63, 3.8) is 0 Å². The van der Waals surface area contributed by atoms with Gasteiger partial charge in [-0.25, -0.2) is 13.8 Å². The quantitative estimate of drug-likeness (QED) is 0.789. The third-order valence-electron chi connectivity index (χ3n) is 1.51. The van der Waals surface area contributed by atoms with Gasteiger partial charge in [-0.05, 0) is 28.7 Å². The first-order chi connectivity index (χ1) is 6.60. The van der Waals surface area contributed by atoms with E-state index in [2.05, 4.69) is 4.98 Å². The molecule has 1 heterocycles. The van der Waals surface area contributed by atoms with Crippen LogP contribution < -0.4 is 4.74 Å². The van der Waals surface area contributed by atoms with Gasteiger partial charge in [0.05, 0.1) is 16.2 Å². The van der Waals surface area contributed by atoms with Crippen molar-refractivity contribution in [1.82, 2.24) is 4.98 Å². The molecule has 0 atom stereocenters. The number of aromatic nitrogens is 1. The van der Waals surface area contributed by atoms with Gasteiger partial charge in [0.15, 0.2) is 5.69 Å². The number of hydrogen-bond donors (Lipinski definition) is 0. The van der Waals surface area contributed by atoms with Crippen LogP contribution in [0.1, 0.15) is 17.7 Å². The second-order valence-corrected chi connectivity index (χ2v) is 3.49. The largest absolute Gasteiger partial charge is 0.480 e. The highest BCUT2D eigenvalue weighted by molar-refractivity contribution is 14.1. The van der Waals surface area contributed by atoms with E-state index in [1.54, 1.807) is 6.07 Å². The van der Waals surface area contributed by atoms with Gasteiger partial charge in [0.25, 0.3) is 6.43 Å². The number of hydrogen-bond acceptors (Lipinski definition) is 3. The molecular formula is C8H5F2IN2O. The molecule has 0 amide bonds. The van der Waals surface area contributed by atoms with Gasteiger partial charge in [0, 0.05) is 0 Å². The molecule has 0 aliphatic rings. The zero-order chi connectivity index (χ0) is 10.7. The van der Waals surface area contributed by atoms with E-state index in [1.165, 1.54) is 13.2 Å². The lowest BCUT2D eigenvalue weighted by molar-refractivity contribution is 0.150. The van der Waals surface area contributed by atoms with Crippen molar-refractivity contribution in [3.05, 3.63) is 20.9 Å². The number of rotatable bonds is 2. The summed E-state index contributed by atoms with van der Waals surface area (Å²) in [5, 5.41) is 8.57. The lowest BCUT2D eigenvalue weighted by Crippen LogP contribution is -1.99. The predicted molar refractivity (Wildman–Crippen MR) is 53.2 cm³/mol. The molecule has 1 rings (SSSR count). The molecule has 0 radical (unpaired) electrons. The van der Waals surface area contributed by atoms with E-state index in [9.17, 15) is 8.78 Å². The highest BCUT2D eigenvalue weighted by Gasteiger charge is 2.17. The second kappa shape index (κ2) is 4.50. The van der Waals surface area contributed by atoms with Crippen LogP contribution in [0, 0.1) is 14.9 Å². The molecule has 1 aromatic rings. The van der Waals surface area contributed by atoms with Gasteiger partial charge in [-0.3, -0.25) is 0 Å². The summed E-state index contributed by atoms with van der Waals surface area (Å²) in [5.41, 5.74) is -0.657. The molecule has 0 aromatic carbocycles. The standard InChI is InChI=1S/C8H5F2IN2O/c1-14-8-5(11)2-4(7(9)10)6(3-12)13-8/h2,7H,1H3. The third-order valence-corrected chi connectivity index (χ3v) is 2.28. The summed E-state index contributed by atoms with van der Waals surface area (Å²) in [7, 11) is 1.37. The highest BCUT2D eigenvalue weighted by atomic mass is 127. The number of pyridine rings is 1. The normalized spacial score (nSPS) is 10.0. The smallest absolute Gasteiger partial charge is 0.266 e. The molecule has 6 heteroatoms. The summed E-state index contributed by atoms with van der Waals surface area (Å²) >= 11 is 1.82. The first kappa shape index (κ1) is 11.1. The molecule has 0 aliphatic carbocycles. The maximum absolute atomic E-state index is 12.4. The monoisotopic (exact) mass is 310 g/mol. The van der Waals surface area contributed by atoms with Crippen LogP contribution in [0.5, 0.6) is 5.88 Å². The fourth-order valence-electron chi connectivity index (χ4n) is 0.885. The van der Waals surface area contributed by atoms with Crippen molar-refractivity contribution in [3.8, 4) is 11.9 Å². The van der Waals surface area contributed by atoms with E-state index >= 15 is 0 Å². The summed E-state index contributed by atoms with van der Waals surface area (Å²) in [6.45, 7) is 0. The van der Waals surface area contributed by atoms with E-state index in [4.69, 9.17) is 10.00 Å². The number of alkyl halides is 2. The van der Waals surface area contributed by atoms with Crippen molar-refractivity contribution in [1.29, 1.82) is 5.26 Å². The molecule has 0 aliphatic heterocycles. The zero-order valence-electron chi connectivity index (χ0n) is 7.09. The van der Waals surface area contributed by atoms with Gasteiger partial charge >= 0.3 is 0 Å². The van der Waals surface area contributed by atoms with Crippen molar-refractivity contribution in [2.45, 2.75) is 6.43 Å². The Hall–Kier alpha value is -0.970. The molecule has 0 N–H and O–H groups in total. The van der Waals surface area contributed by atoms with Crippen LogP contribution >= 0.6 is 22.6 Å². The molecule has 74 valence electrons. The van der Waals surface area contributed by atoms with Gasteiger partial charge < -0.3 is 4.74 Å². The van der Waals surface area contributed by atoms with Crippen molar-refractivity contribution >= 4 is 22.6 Å². The van der Waals surface area contributed by atoms with E-state index in [1.807, 2.05) is 22.6 Å². The Morgan fingerprint density at radius 2 is 2.29 bits per heavy atom. The van der Waals surface area contributed by atoms with E-state index in [-0.39, 0.29) is 17.1 Å². The van der Waals surface area contributed by atoms with Gasteiger partial charge in [0.2, 0.25) is 5.88 Å². The van der Waals surface area contributed by atoms with Crippen LogP contribution in [-0.2, 0) is 0 Å². The van der Waals surface area contributed by atoms with Crippen LogP contribution in [0.2, 0.25) is 0 Å². The van der Waals surface area contributed by atoms with Crippen LogP contribution in [0.4, 0.5) is 8.78 Å². The molecule has 1 aromatic heterocycles. The summed E-state index contributed by atoms with van der Waals surface area (Å²) in [4.78, 5) is 3.66. The number of methoxy groups -OCH3 is 1. The number of halogens is 3. The van der Waals surface area contributed by atoms with Crippen molar-refractivity contribution in [2.75, 3.05) is 7.11 Å². The minimum Gasteiger partial charge on any atom is -0.480 e. The van der Waals surface area contributed by atoms with Gasteiger partial charge in [-0.2, -0.15) is 5.26 Å². The molecule has 0 saturated carbocycles. The molecule has 0 unspecified atom stereocenters. The molecule has 0 fully saturated rings. The van der Waals surface area contributed by atoms with Crippen LogP contribution in [0.3, 0.4) is 0 Å². The van der Waals surface area contributed by atoms with Crippen LogP contribution in [-0.4, -0.2) is 12.1 Å². The Morgan fingerprint density at radius 3 is 2.71 bits per heavy atom. The van der Waals surface area contributed by atoms with Crippen molar-refractivity contribution < 1.29 is 13.5 Å². The first-order valence-electron chi connectivity index (χ1n) is 3.52. The molecule has 0 bridgehead atoms. The predicted octanol–water partition coefficient (Wildman–Crippen LogP) is 2.50. The Labute approximate surface area is 92.8 Å². The number of ether oxygens (including phenoxy) is 1. The Balaban J connectivity index is 3.33. The fourth-order valence-corrected chi connectivity index (χ4v) is 1.56. The molecule has 14 heavy (non-hydrogen) atoms. The maximum Gasteiger partial charge on any atom is 0.266 e. The van der Waals surface area contributed by atoms with Gasteiger partial charge in [-0.15, -0.1) is 0 Å². The Bertz CT molecular complexity index is 390. The molecule has 0 saturated heterocycles. The lowest BCUT2D eigenvalue weighted by Gasteiger charge is -2.06. The lowest BCUT2D eigenvalue weighted by atomic mass is 10.2. The average molecular weight is 310 g/mol. The molecule has 3 nitrogen and oxygen atoms in total. The average Bonchev–Trinajstić information content (AvgIpc) is 2.17. The number of nitriles is 1. The SMILES string of the molecule is COc1nc(C#N)c(C(F)F)cc1I. The first-order valence-corrected chi connectivity index (χ1v) is 4.60. The third kappa shape index (κ3) is 2.09. The van der Waals surface area contributed by atoms with Gasteiger partial charge in [-0.1, -0.05) is 0 Å². The van der Waals surface area contributed by atoms with E-state index < -0.39 is 6.43 Å². The summed E-state index contributed by atoms with van der Waals surface area (Å²) < 4.78 is 30.1. The minimum absolute atomic E-state index is 0.187. The topological polar surface area (TPSA) is 45.9 Å². The highest BCUT2D eigenvalue weighted by Crippen LogP contribution is 2.27. The Kier molecular flexibility index (Phi) is 3.57. The summed E-state index contributed by atoms with van der Waals surface area (Å²) in [6.07, 6.45) is -2.70. The fraction of sp³-hybridized carbons (Fsp3) is 0.250. The second-order valence-electron chi connectivity index (χ2n) is 2.33. The minimum atomic E-state index is -2.70. The zero-order valence-corrected chi connectivity index (χ0v) is 9.25. The molecular weight excluding hydrogens is 305 g/mol. The van der Waals surface area contributed by atoms with E-state index in [0.29, 0.717) is 3.57 Å². The molecule has 0 spiro atoms. The van der Waals surface area contributed by atoms with Crippen molar-refractivity contribution in [2.24, 2.45) is 0 Å². The van der Waals surface area contributed by atoms with Gasteiger partial charge in [0.1, 0.15) is 6.07 Å². The Morgan fingerprint density at radius 1 is 1.64 bits per heavy atom. The maximum atomic E-state index is 12.4. The number of nitrogens with zero attached hydrogens (tertiary/aromatic N) is 2. The summed E-state index contributed by atoms with van der Waals surface area (Å²) in [6, 6.07) is 2.81.